The van der Waals surface area contributed by atoms with Crippen molar-refractivity contribution in [3.63, 3.8) is 0 Å². The SMILES string of the molecule is CN(C)C(=O)Nc1ccc(Oc2ccc3ccccc3c2)cc1. The van der Waals surface area contributed by atoms with E-state index in [-0.39, 0.29) is 6.03 Å². The van der Waals surface area contributed by atoms with E-state index in [1.807, 2.05) is 54.6 Å². The van der Waals surface area contributed by atoms with Crippen LogP contribution in [-0.4, -0.2) is 25.0 Å². The van der Waals surface area contributed by atoms with Crippen LogP contribution >= 0.6 is 0 Å². The largest absolute Gasteiger partial charge is 0.457 e. The highest BCUT2D eigenvalue weighted by Crippen LogP contribution is 2.26. The molecule has 3 rings (SSSR count). The van der Waals surface area contributed by atoms with Crippen molar-refractivity contribution in [2.24, 2.45) is 0 Å². The molecule has 0 saturated heterocycles. The first-order valence-electron chi connectivity index (χ1n) is 7.37. The number of amides is 2. The van der Waals surface area contributed by atoms with Crippen LogP contribution in [-0.2, 0) is 0 Å². The van der Waals surface area contributed by atoms with Gasteiger partial charge in [-0.05, 0) is 47.2 Å². The third kappa shape index (κ3) is 3.61. The molecule has 0 unspecified atom stereocenters. The molecule has 3 aromatic carbocycles. The van der Waals surface area contributed by atoms with Crippen molar-refractivity contribution < 1.29 is 9.53 Å². The van der Waals surface area contributed by atoms with E-state index in [0.717, 1.165) is 22.6 Å². The number of nitrogens with one attached hydrogen (secondary N) is 1. The van der Waals surface area contributed by atoms with Crippen LogP contribution in [0.4, 0.5) is 10.5 Å². The maximum Gasteiger partial charge on any atom is 0.321 e. The first kappa shape index (κ1) is 14.9. The molecule has 0 aliphatic heterocycles. The Morgan fingerprint density at radius 3 is 2.22 bits per heavy atom. The summed E-state index contributed by atoms with van der Waals surface area (Å²) in [6.45, 7) is 0. The molecule has 0 aliphatic rings. The van der Waals surface area contributed by atoms with E-state index >= 15 is 0 Å². The minimum atomic E-state index is -0.159. The fourth-order valence-electron chi connectivity index (χ4n) is 2.21. The molecule has 0 radical (unpaired) electrons. The van der Waals surface area contributed by atoms with Crippen molar-refractivity contribution in [2.75, 3.05) is 19.4 Å². The van der Waals surface area contributed by atoms with Gasteiger partial charge in [-0.3, -0.25) is 0 Å². The molecule has 0 heterocycles. The van der Waals surface area contributed by atoms with Gasteiger partial charge in [0.1, 0.15) is 11.5 Å². The van der Waals surface area contributed by atoms with Gasteiger partial charge in [-0.1, -0.05) is 30.3 Å². The smallest absolute Gasteiger partial charge is 0.321 e. The molecule has 2 amide bonds. The predicted molar refractivity (Wildman–Crippen MR) is 93.2 cm³/mol. The van der Waals surface area contributed by atoms with Gasteiger partial charge in [-0.15, -0.1) is 0 Å². The van der Waals surface area contributed by atoms with E-state index in [9.17, 15) is 4.79 Å². The van der Waals surface area contributed by atoms with Crippen LogP contribution in [0.1, 0.15) is 0 Å². The van der Waals surface area contributed by atoms with E-state index in [4.69, 9.17) is 4.74 Å². The zero-order valence-corrected chi connectivity index (χ0v) is 13.1. The number of carbonyl (C=O) groups excluding carboxylic acids is 1. The molecule has 3 aromatic rings. The molecular formula is C19H18N2O2. The van der Waals surface area contributed by atoms with Crippen LogP contribution in [0.2, 0.25) is 0 Å². The van der Waals surface area contributed by atoms with E-state index in [1.165, 1.54) is 10.3 Å². The monoisotopic (exact) mass is 306 g/mol. The maximum absolute atomic E-state index is 11.6. The van der Waals surface area contributed by atoms with Crippen molar-refractivity contribution in [1.29, 1.82) is 0 Å². The van der Waals surface area contributed by atoms with Gasteiger partial charge < -0.3 is 15.0 Å². The second-order valence-corrected chi connectivity index (χ2v) is 5.46. The Hall–Kier alpha value is -3.01. The Kier molecular flexibility index (Phi) is 4.15. The van der Waals surface area contributed by atoms with Crippen LogP contribution in [0.5, 0.6) is 11.5 Å². The normalized spacial score (nSPS) is 10.3. The van der Waals surface area contributed by atoms with Crippen LogP contribution < -0.4 is 10.1 Å². The molecule has 0 atom stereocenters. The zero-order chi connectivity index (χ0) is 16.2. The molecule has 0 spiro atoms. The first-order valence-corrected chi connectivity index (χ1v) is 7.37. The molecule has 116 valence electrons. The average Bonchev–Trinajstić information content (AvgIpc) is 2.56. The number of anilines is 1. The van der Waals surface area contributed by atoms with Crippen molar-refractivity contribution in [2.45, 2.75) is 0 Å². The Bertz CT molecular complexity index is 826. The standard InChI is InChI=1S/C19H18N2O2/c1-21(2)19(22)20-16-8-11-17(12-9-16)23-18-10-7-14-5-3-4-6-15(14)13-18/h3-13H,1-2H3,(H,20,22). The van der Waals surface area contributed by atoms with Crippen molar-refractivity contribution in [3.8, 4) is 11.5 Å². The lowest BCUT2D eigenvalue weighted by molar-refractivity contribution is 0.230. The Labute approximate surface area is 135 Å². The number of ether oxygens (including phenoxy) is 1. The number of nitrogens with zero attached hydrogens (tertiary/aromatic N) is 1. The van der Waals surface area contributed by atoms with Crippen LogP contribution in [0, 0.1) is 0 Å². The number of hydrogen-bond donors (Lipinski definition) is 1. The minimum Gasteiger partial charge on any atom is -0.457 e. The highest BCUT2D eigenvalue weighted by molar-refractivity contribution is 5.89. The van der Waals surface area contributed by atoms with Gasteiger partial charge >= 0.3 is 6.03 Å². The third-order valence-corrected chi connectivity index (χ3v) is 3.47. The van der Waals surface area contributed by atoms with Gasteiger partial charge in [0.2, 0.25) is 0 Å². The fourth-order valence-corrected chi connectivity index (χ4v) is 2.21. The van der Waals surface area contributed by atoms with Crippen molar-refractivity contribution in [3.05, 3.63) is 66.7 Å². The van der Waals surface area contributed by atoms with Crippen LogP contribution in [0.3, 0.4) is 0 Å². The molecule has 0 fully saturated rings. The zero-order valence-electron chi connectivity index (χ0n) is 13.1. The Balaban J connectivity index is 1.73. The van der Waals surface area contributed by atoms with Gasteiger partial charge in [0, 0.05) is 19.8 Å². The minimum absolute atomic E-state index is 0.159. The summed E-state index contributed by atoms with van der Waals surface area (Å²) in [5.74, 6) is 1.51. The Morgan fingerprint density at radius 2 is 1.52 bits per heavy atom. The summed E-state index contributed by atoms with van der Waals surface area (Å²) in [5.41, 5.74) is 0.731. The third-order valence-electron chi connectivity index (χ3n) is 3.47. The molecule has 1 N–H and O–H groups in total. The molecular weight excluding hydrogens is 288 g/mol. The number of urea groups is 1. The summed E-state index contributed by atoms with van der Waals surface area (Å²) < 4.78 is 5.87. The molecule has 23 heavy (non-hydrogen) atoms. The average molecular weight is 306 g/mol. The van der Waals surface area contributed by atoms with Gasteiger partial charge in [0.05, 0.1) is 0 Å². The quantitative estimate of drug-likeness (QED) is 0.760. The molecule has 0 aliphatic carbocycles. The fraction of sp³-hybridized carbons (Fsp3) is 0.105. The van der Waals surface area contributed by atoms with Crippen LogP contribution in [0.15, 0.2) is 66.7 Å². The van der Waals surface area contributed by atoms with E-state index in [2.05, 4.69) is 17.4 Å². The van der Waals surface area contributed by atoms with E-state index < -0.39 is 0 Å². The highest BCUT2D eigenvalue weighted by Gasteiger charge is 2.04. The lowest BCUT2D eigenvalue weighted by Gasteiger charge is -2.12. The second kappa shape index (κ2) is 6.40. The first-order chi connectivity index (χ1) is 11.1. The van der Waals surface area contributed by atoms with Gasteiger partial charge in [-0.2, -0.15) is 0 Å². The lowest BCUT2D eigenvalue weighted by Crippen LogP contribution is -2.27. The summed E-state index contributed by atoms with van der Waals surface area (Å²) in [6, 6.07) is 21.3. The summed E-state index contributed by atoms with van der Waals surface area (Å²) in [5, 5.41) is 5.11. The Morgan fingerprint density at radius 1 is 0.870 bits per heavy atom. The summed E-state index contributed by atoms with van der Waals surface area (Å²) in [6.07, 6.45) is 0. The number of fused-ring (bicyclic) bond motifs is 1. The number of hydrogen-bond acceptors (Lipinski definition) is 2. The summed E-state index contributed by atoms with van der Waals surface area (Å²) >= 11 is 0. The van der Waals surface area contributed by atoms with Gasteiger partial charge in [0.15, 0.2) is 0 Å². The number of benzene rings is 3. The van der Waals surface area contributed by atoms with Crippen molar-refractivity contribution >= 4 is 22.5 Å². The van der Waals surface area contributed by atoms with Gasteiger partial charge in [-0.25, -0.2) is 4.79 Å². The molecule has 4 nitrogen and oxygen atoms in total. The highest BCUT2D eigenvalue weighted by atomic mass is 16.5. The van der Waals surface area contributed by atoms with Gasteiger partial charge in [0.25, 0.3) is 0 Å². The maximum atomic E-state index is 11.6. The summed E-state index contributed by atoms with van der Waals surface area (Å²) in [4.78, 5) is 13.1. The number of rotatable bonds is 3. The molecule has 0 saturated carbocycles. The van der Waals surface area contributed by atoms with E-state index in [0.29, 0.717) is 0 Å². The lowest BCUT2D eigenvalue weighted by atomic mass is 10.1. The predicted octanol–water partition coefficient (Wildman–Crippen LogP) is 4.73. The molecule has 4 heteroatoms. The van der Waals surface area contributed by atoms with Crippen molar-refractivity contribution in [1.82, 2.24) is 4.90 Å². The number of carbonyl (C=O) groups is 1. The molecule has 0 aromatic heterocycles. The topological polar surface area (TPSA) is 41.6 Å². The van der Waals surface area contributed by atoms with Crippen LogP contribution in [0.25, 0.3) is 10.8 Å². The summed E-state index contributed by atoms with van der Waals surface area (Å²) in [7, 11) is 3.40. The molecule has 0 bridgehead atoms. The van der Waals surface area contributed by atoms with E-state index in [1.54, 1.807) is 14.1 Å². The second-order valence-electron chi connectivity index (χ2n) is 5.46.